The van der Waals surface area contributed by atoms with Gasteiger partial charge in [0.2, 0.25) is 20.1 Å². The van der Waals surface area contributed by atoms with Crippen LogP contribution in [0.4, 0.5) is 5.13 Å². The quantitative estimate of drug-likeness (QED) is 0.641. The van der Waals surface area contributed by atoms with Gasteiger partial charge < -0.3 is 4.90 Å². The molecule has 1 spiro atoms. The summed E-state index contributed by atoms with van der Waals surface area (Å²) in [7, 11) is -3.05. The SMILES string of the molecule is CS(=O)(=O)N1CC2(CCCN(c3nn4c(I)cnc4s3)C2)C1. The fourth-order valence-electron chi connectivity index (χ4n) is 3.35. The van der Waals surface area contributed by atoms with Gasteiger partial charge in [0.25, 0.3) is 0 Å². The molecule has 22 heavy (non-hydrogen) atoms. The first-order valence-electron chi connectivity index (χ1n) is 7.07. The van der Waals surface area contributed by atoms with Crippen LogP contribution in [0.25, 0.3) is 4.96 Å². The standard InChI is InChI=1S/C12H16IN5O2S2/c1-22(19,20)17-7-12(8-17)3-2-4-16(6-12)11-15-18-9(13)5-14-10(18)21-11/h5H,2-4,6-8H2,1H3. The van der Waals surface area contributed by atoms with E-state index in [0.717, 1.165) is 39.7 Å². The molecule has 0 atom stereocenters. The predicted molar refractivity (Wildman–Crippen MR) is 93.9 cm³/mol. The van der Waals surface area contributed by atoms with Crippen molar-refractivity contribution in [2.45, 2.75) is 12.8 Å². The number of piperidine rings is 1. The Morgan fingerprint density at radius 1 is 1.36 bits per heavy atom. The van der Waals surface area contributed by atoms with Crippen molar-refractivity contribution in [1.29, 1.82) is 0 Å². The van der Waals surface area contributed by atoms with Gasteiger partial charge in [0.15, 0.2) is 0 Å². The first kappa shape index (κ1) is 15.1. The number of hydrogen-bond donors (Lipinski definition) is 0. The maximum atomic E-state index is 11.6. The summed E-state index contributed by atoms with van der Waals surface area (Å²) in [5.74, 6) is 0. The lowest BCUT2D eigenvalue weighted by molar-refractivity contribution is 0.0542. The van der Waals surface area contributed by atoms with Crippen LogP contribution in [-0.2, 0) is 10.0 Å². The van der Waals surface area contributed by atoms with Crippen LogP contribution in [0.1, 0.15) is 12.8 Å². The molecule has 10 heteroatoms. The van der Waals surface area contributed by atoms with Gasteiger partial charge in [-0.25, -0.2) is 17.7 Å². The van der Waals surface area contributed by atoms with Gasteiger partial charge in [-0.2, -0.15) is 4.52 Å². The highest BCUT2D eigenvalue weighted by Gasteiger charge is 2.49. The van der Waals surface area contributed by atoms with Crippen LogP contribution in [0.3, 0.4) is 0 Å². The molecule has 2 fully saturated rings. The summed E-state index contributed by atoms with van der Waals surface area (Å²) < 4.78 is 27.7. The van der Waals surface area contributed by atoms with E-state index in [-0.39, 0.29) is 5.41 Å². The zero-order chi connectivity index (χ0) is 15.5. The molecule has 2 aromatic rings. The number of aromatic nitrogens is 3. The average molecular weight is 453 g/mol. The van der Waals surface area contributed by atoms with E-state index in [9.17, 15) is 8.42 Å². The molecule has 0 bridgehead atoms. The zero-order valence-electron chi connectivity index (χ0n) is 12.1. The fraction of sp³-hybridized carbons (Fsp3) is 0.667. The van der Waals surface area contributed by atoms with E-state index in [1.54, 1.807) is 15.6 Å². The summed E-state index contributed by atoms with van der Waals surface area (Å²) >= 11 is 3.82. The Balaban J connectivity index is 1.54. The second-order valence-electron chi connectivity index (χ2n) is 6.22. The van der Waals surface area contributed by atoms with E-state index >= 15 is 0 Å². The number of nitrogens with zero attached hydrogens (tertiary/aromatic N) is 5. The van der Waals surface area contributed by atoms with Crippen molar-refractivity contribution in [1.82, 2.24) is 18.9 Å². The molecule has 2 aliphatic heterocycles. The topological polar surface area (TPSA) is 70.8 Å². The highest BCUT2D eigenvalue weighted by Crippen LogP contribution is 2.42. The Morgan fingerprint density at radius 2 is 2.14 bits per heavy atom. The summed E-state index contributed by atoms with van der Waals surface area (Å²) in [6.07, 6.45) is 5.28. The van der Waals surface area contributed by atoms with E-state index in [2.05, 4.69) is 37.6 Å². The molecule has 0 aliphatic carbocycles. The summed E-state index contributed by atoms with van der Waals surface area (Å²) in [5, 5.41) is 5.63. The van der Waals surface area contributed by atoms with E-state index in [1.165, 1.54) is 6.26 Å². The fourth-order valence-corrected chi connectivity index (χ4v) is 5.91. The Labute approximate surface area is 146 Å². The molecular weight excluding hydrogens is 437 g/mol. The summed E-state index contributed by atoms with van der Waals surface area (Å²) in [5.41, 5.74) is 0.0995. The third-order valence-corrected chi connectivity index (χ3v) is 7.37. The van der Waals surface area contributed by atoms with E-state index in [0.29, 0.717) is 13.1 Å². The molecule has 0 aromatic carbocycles. The first-order chi connectivity index (χ1) is 10.4. The Morgan fingerprint density at radius 3 is 2.82 bits per heavy atom. The lowest BCUT2D eigenvalue weighted by Crippen LogP contribution is -2.64. The molecule has 2 aliphatic rings. The number of fused-ring (bicyclic) bond motifs is 1. The maximum Gasteiger partial charge on any atom is 0.214 e. The Kier molecular flexibility index (Phi) is 3.44. The smallest absolute Gasteiger partial charge is 0.214 e. The molecule has 0 amide bonds. The lowest BCUT2D eigenvalue weighted by atomic mass is 9.75. The summed E-state index contributed by atoms with van der Waals surface area (Å²) in [6, 6.07) is 0. The Hall–Kier alpha value is -0.460. The normalized spacial score (nSPS) is 22.4. The highest BCUT2D eigenvalue weighted by atomic mass is 127. The van der Waals surface area contributed by atoms with Crippen molar-refractivity contribution < 1.29 is 8.42 Å². The Bertz CT molecular complexity index is 824. The van der Waals surface area contributed by atoms with Crippen molar-refractivity contribution >= 4 is 54.0 Å². The number of halogens is 1. The third kappa shape index (κ3) is 2.43. The van der Waals surface area contributed by atoms with Gasteiger partial charge in [-0.15, -0.1) is 5.10 Å². The molecule has 0 N–H and O–H groups in total. The van der Waals surface area contributed by atoms with Gasteiger partial charge in [0.1, 0.15) is 3.70 Å². The number of rotatable bonds is 2. The molecule has 0 saturated carbocycles. The van der Waals surface area contributed by atoms with Crippen LogP contribution in [0.5, 0.6) is 0 Å². The molecule has 0 unspecified atom stereocenters. The second kappa shape index (κ2) is 5.02. The molecule has 2 aromatic heterocycles. The van der Waals surface area contributed by atoms with Crippen molar-refractivity contribution in [2.24, 2.45) is 5.41 Å². The van der Waals surface area contributed by atoms with Crippen molar-refractivity contribution in [3.8, 4) is 0 Å². The first-order valence-corrected chi connectivity index (χ1v) is 10.8. The third-order valence-electron chi connectivity index (χ3n) is 4.46. The van der Waals surface area contributed by atoms with Gasteiger partial charge in [-0.05, 0) is 35.4 Å². The van der Waals surface area contributed by atoms with Crippen molar-refractivity contribution in [2.75, 3.05) is 37.3 Å². The van der Waals surface area contributed by atoms with Gasteiger partial charge in [-0.1, -0.05) is 11.3 Å². The monoisotopic (exact) mass is 453 g/mol. The lowest BCUT2D eigenvalue weighted by Gasteiger charge is -2.53. The van der Waals surface area contributed by atoms with E-state index < -0.39 is 10.0 Å². The summed E-state index contributed by atoms with van der Waals surface area (Å²) in [4.78, 5) is 7.54. The van der Waals surface area contributed by atoms with Gasteiger partial charge >= 0.3 is 0 Å². The number of hydrogen-bond acceptors (Lipinski definition) is 6. The number of imidazole rings is 1. The molecular formula is C12H16IN5O2S2. The van der Waals surface area contributed by atoms with Crippen LogP contribution in [0, 0.1) is 9.12 Å². The van der Waals surface area contributed by atoms with Gasteiger partial charge in [0.05, 0.1) is 12.5 Å². The van der Waals surface area contributed by atoms with Gasteiger partial charge in [0, 0.05) is 31.6 Å². The summed E-state index contributed by atoms with van der Waals surface area (Å²) in [6.45, 7) is 3.14. The van der Waals surface area contributed by atoms with Crippen LogP contribution in [0.2, 0.25) is 0 Å². The average Bonchev–Trinajstić information content (AvgIpc) is 2.98. The van der Waals surface area contributed by atoms with Crippen LogP contribution >= 0.6 is 33.9 Å². The minimum Gasteiger partial charge on any atom is -0.346 e. The molecule has 7 nitrogen and oxygen atoms in total. The number of sulfonamides is 1. The minimum absolute atomic E-state index is 0.0995. The number of anilines is 1. The van der Waals surface area contributed by atoms with Crippen LogP contribution in [0.15, 0.2) is 6.20 Å². The molecule has 0 radical (unpaired) electrons. The highest BCUT2D eigenvalue weighted by molar-refractivity contribution is 14.1. The van der Waals surface area contributed by atoms with Crippen molar-refractivity contribution in [3.63, 3.8) is 0 Å². The second-order valence-corrected chi connectivity index (χ2v) is 10.2. The van der Waals surface area contributed by atoms with Crippen LogP contribution < -0.4 is 4.90 Å². The zero-order valence-corrected chi connectivity index (χ0v) is 15.9. The minimum atomic E-state index is -3.05. The molecule has 4 heterocycles. The van der Waals surface area contributed by atoms with E-state index in [4.69, 9.17) is 0 Å². The molecule has 120 valence electrons. The van der Waals surface area contributed by atoms with Gasteiger partial charge in [-0.3, -0.25) is 0 Å². The maximum absolute atomic E-state index is 11.6. The van der Waals surface area contributed by atoms with Crippen LogP contribution in [-0.4, -0.2) is 59.8 Å². The molecule has 4 rings (SSSR count). The predicted octanol–water partition coefficient (Wildman–Crippen LogP) is 1.26. The molecule has 2 saturated heterocycles. The van der Waals surface area contributed by atoms with Crippen molar-refractivity contribution in [3.05, 3.63) is 9.90 Å². The largest absolute Gasteiger partial charge is 0.346 e. The van der Waals surface area contributed by atoms with E-state index in [1.807, 2.05) is 10.7 Å².